The summed E-state index contributed by atoms with van der Waals surface area (Å²) in [4.78, 5) is 8.22. The third kappa shape index (κ3) is 5.24. The lowest BCUT2D eigenvalue weighted by Gasteiger charge is -2.32. The average Bonchev–Trinajstić information content (AvgIpc) is 3.02. The van der Waals surface area contributed by atoms with Gasteiger partial charge in [-0.1, -0.05) is 6.58 Å². The van der Waals surface area contributed by atoms with Gasteiger partial charge in [-0.2, -0.15) is 5.10 Å². The normalized spacial score (nSPS) is 18.1. The summed E-state index contributed by atoms with van der Waals surface area (Å²) in [5.74, 6) is 1.19. The highest BCUT2D eigenvalue weighted by molar-refractivity contribution is 7.15. The maximum absolute atomic E-state index is 5.07. The van der Waals surface area contributed by atoms with E-state index in [0.717, 1.165) is 42.6 Å². The second-order valence-electron chi connectivity index (χ2n) is 6.55. The first-order valence-electron chi connectivity index (χ1n) is 8.58. The van der Waals surface area contributed by atoms with Crippen molar-refractivity contribution in [3.05, 3.63) is 41.2 Å². The number of ether oxygens (including phenoxy) is 1. The quantitative estimate of drug-likeness (QED) is 0.818. The summed E-state index contributed by atoms with van der Waals surface area (Å²) in [5, 5.41) is 12.4. The molecule has 3 rings (SSSR count). The molecule has 3 heterocycles. The molecule has 1 unspecified atom stereocenters. The molecule has 25 heavy (non-hydrogen) atoms. The van der Waals surface area contributed by atoms with Gasteiger partial charge in [-0.15, -0.1) is 16.4 Å². The number of nitrogens with one attached hydrogen (secondary N) is 1. The highest BCUT2D eigenvalue weighted by Crippen LogP contribution is 2.25. The summed E-state index contributed by atoms with van der Waals surface area (Å²) in [6.45, 7) is 9.00. The Labute approximate surface area is 152 Å². The molecule has 134 valence electrons. The molecule has 0 saturated carbocycles. The largest absolute Gasteiger partial charge is 0.480 e. The van der Waals surface area contributed by atoms with Gasteiger partial charge in [0.1, 0.15) is 0 Å². The van der Waals surface area contributed by atoms with E-state index in [2.05, 4.69) is 32.0 Å². The molecule has 1 aliphatic rings. The Bertz CT molecular complexity index is 700. The fraction of sp³-hybridized carbons (Fsp3) is 0.500. The Morgan fingerprint density at radius 3 is 3.04 bits per heavy atom. The minimum Gasteiger partial charge on any atom is -0.480 e. The molecular weight excluding hydrogens is 334 g/mol. The predicted molar refractivity (Wildman–Crippen MR) is 101 cm³/mol. The molecular formula is C18H25N5OS. The van der Waals surface area contributed by atoms with Crippen LogP contribution >= 0.6 is 11.3 Å². The number of rotatable bonds is 7. The van der Waals surface area contributed by atoms with Gasteiger partial charge in [0.25, 0.3) is 0 Å². The number of hydrogen-bond acceptors (Lipinski definition) is 7. The standard InChI is InChI=1S/C18H25N5OS/c1-13(2)20-18-19-10-16(25-18)12-23-8-4-5-14(11-23)9-15-6-7-17(24-3)22-21-15/h6-7,10,14H,1,4-5,8-9,11-12H2,2-3H3,(H,19,20). The highest BCUT2D eigenvalue weighted by atomic mass is 32.1. The molecule has 2 aromatic rings. The van der Waals surface area contributed by atoms with Gasteiger partial charge in [0.15, 0.2) is 5.13 Å². The van der Waals surface area contributed by atoms with Gasteiger partial charge < -0.3 is 10.1 Å². The van der Waals surface area contributed by atoms with E-state index >= 15 is 0 Å². The van der Waals surface area contributed by atoms with Gasteiger partial charge in [0, 0.05) is 35.9 Å². The third-order valence-electron chi connectivity index (χ3n) is 4.26. The number of aromatic nitrogens is 3. The highest BCUT2D eigenvalue weighted by Gasteiger charge is 2.21. The van der Waals surface area contributed by atoms with E-state index in [0.29, 0.717) is 11.8 Å². The lowest BCUT2D eigenvalue weighted by atomic mass is 9.93. The van der Waals surface area contributed by atoms with Crippen molar-refractivity contribution in [3.63, 3.8) is 0 Å². The zero-order valence-corrected chi connectivity index (χ0v) is 15.7. The van der Waals surface area contributed by atoms with Crippen molar-refractivity contribution in [2.45, 2.75) is 32.7 Å². The van der Waals surface area contributed by atoms with Crippen LogP contribution in [0.15, 0.2) is 30.6 Å². The average molecular weight is 359 g/mol. The smallest absolute Gasteiger partial charge is 0.233 e. The van der Waals surface area contributed by atoms with Crippen molar-refractivity contribution in [2.75, 3.05) is 25.5 Å². The number of piperidine rings is 1. The summed E-state index contributed by atoms with van der Waals surface area (Å²) >= 11 is 1.70. The van der Waals surface area contributed by atoms with Crippen LogP contribution in [0.2, 0.25) is 0 Å². The maximum atomic E-state index is 5.07. The van der Waals surface area contributed by atoms with Crippen LogP contribution in [0.4, 0.5) is 5.13 Å². The van der Waals surface area contributed by atoms with E-state index in [1.165, 1.54) is 17.7 Å². The number of likely N-dealkylation sites (tertiary alicyclic amines) is 1. The first-order valence-corrected chi connectivity index (χ1v) is 9.40. The number of nitrogens with zero attached hydrogens (tertiary/aromatic N) is 4. The van der Waals surface area contributed by atoms with Crippen molar-refractivity contribution >= 4 is 16.5 Å². The lowest BCUT2D eigenvalue weighted by molar-refractivity contribution is 0.167. The third-order valence-corrected chi connectivity index (χ3v) is 5.16. The topological polar surface area (TPSA) is 63.2 Å². The molecule has 1 atom stereocenters. The number of anilines is 1. The summed E-state index contributed by atoms with van der Waals surface area (Å²) in [7, 11) is 1.61. The molecule has 1 fully saturated rings. The molecule has 7 heteroatoms. The van der Waals surface area contributed by atoms with E-state index in [4.69, 9.17) is 4.74 Å². The number of allylic oxidation sites excluding steroid dienone is 1. The maximum Gasteiger partial charge on any atom is 0.233 e. The second kappa shape index (κ2) is 8.40. The van der Waals surface area contributed by atoms with Crippen LogP contribution in [0.25, 0.3) is 0 Å². The fourth-order valence-electron chi connectivity index (χ4n) is 3.16. The minimum atomic E-state index is 0.568. The second-order valence-corrected chi connectivity index (χ2v) is 7.67. The van der Waals surface area contributed by atoms with Crippen molar-refractivity contribution < 1.29 is 4.74 Å². The summed E-state index contributed by atoms with van der Waals surface area (Å²) in [6, 6.07) is 3.90. The van der Waals surface area contributed by atoms with Crippen molar-refractivity contribution in [1.29, 1.82) is 0 Å². The summed E-state index contributed by atoms with van der Waals surface area (Å²) in [6.07, 6.45) is 5.41. The molecule has 0 aromatic carbocycles. The Balaban J connectivity index is 1.53. The van der Waals surface area contributed by atoms with Crippen LogP contribution in [-0.2, 0) is 13.0 Å². The molecule has 0 bridgehead atoms. The molecule has 0 radical (unpaired) electrons. The van der Waals surface area contributed by atoms with E-state index < -0.39 is 0 Å². The SMILES string of the molecule is C=C(C)Nc1ncc(CN2CCCC(Cc3ccc(OC)nn3)C2)s1. The van der Waals surface area contributed by atoms with Gasteiger partial charge in [-0.05, 0) is 44.7 Å². The molecule has 1 saturated heterocycles. The Morgan fingerprint density at radius 1 is 1.44 bits per heavy atom. The number of methoxy groups -OCH3 is 1. The lowest BCUT2D eigenvalue weighted by Crippen LogP contribution is -2.35. The van der Waals surface area contributed by atoms with E-state index in [-0.39, 0.29) is 0 Å². The van der Waals surface area contributed by atoms with Gasteiger partial charge in [0.05, 0.1) is 12.8 Å². The van der Waals surface area contributed by atoms with Crippen molar-refractivity contribution in [1.82, 2.24) is 20.1 Å². The Morgan fingerprint density at radius 2 is 2.32 bits per heavy atom. The molecule has 2 aromatic heterocycles. The van der Waals surface area contributed by atoms with Crippen LogP contribution in [0.1, 0.15) is 30.3 Å². The molecule has 0 aliphatic carbocycles. The number of thiazole rings is 1. The predicted octanol–water partition coefficient (Wildman–Crippen LogP) is 3.34. The molecule has 6 nitrogen and oxygen atoms in total. The van der Waals surface area contributed by atoms with E-state index in [1.54, 1.807) is 18.4 Å². The Hall–Kier alpha value is -1.99. The molecule has 1 N–H and O–H groups in total. The zero-order chi connectivity index (χ0) is 17.6. The van der Waals surface area contributed by atoms with Crippen LogP contribution in [0, 0.1) is 5.92 Å². The van der Waals surface area contributed by atoms with Crippen LogP contribution in [0.3, 0.4) is 0 Å². The van der Waals surface area contributed by atoms with Gasteiger partial charge >= 0.3 is 0 Å². The van der Waals surface area contributed by atoms with Gasteiger partial charge in [0.2, 0.25) is 5.88 Å². The van der Waals surface area contributed by atoms with Crippen molar-refractivity contribution in [2.24, 2.45) is 5.92 Å². The van der Waals surface area contributed by atoms with Gasteiger partial charge in [-0.25, -0.2) is 4.98 Å². The summed E-state index contributed by atoms with van der Waals surface area (Å²) in [5.41, 5.74) is 1.96. The molecule has 0 spiro atoms. The Kier molecular flexibility index (Phi) is 5.99. The fourth-order valence-corrected chi connectivity index (χ4v) is 4.10. The van der Waals surface area contributed by atoms with Crippen LogP contribution in [0.5, 0.6) is 5.88 Å². The number of hydrogen-bond donors (Lipinski definition) is 1. The van der Waals surface area contributed by atoms with Crippen molar-refractivity contribution in [3.8, 4) is 5.88 Å². The van der Waals surface area contributed by atoms with Crippen LogP contribution < -0.4 is 10.1 Å². The first kappa shape index (κ1) is 17.8. The summed E-state index contributed by atoms with van der Waals surface area (Å²) < 4.78 is 5.07. The van der Waals surface area contributed by atoms with Gasteiger partial charge in [-0.3, -0.25) is 4.90 Å². The molecule has 0 amide bonds. The van der Waals surface area contributed by atoms with E-state index in [9.17, 15) is 0 Å². The van der Waals surface area contributed by atoms with Crippen LogP contribution in [-0.4, -0.2) is 40.3 Å². The minimum absolute atomic E-state index is 0.568. The molecule has 1 aliphatic heterocycles. The van der Waals surface area contributed by atoms with E-state index in [1.807, 2.05) is 25.3 Å². The zero-order valence-electron chi connectivity index (χ0n) is 14.9. The monoisotopic (exact) mass is 359 g/mol. The first-order chi connectivity index (χ1) is 12.1.